The van der Waals surface area contributed by atoms with Crippen molar-refractivity contribution in [3.05, 3.63) is 46.4 Å². The first-order valence-electron chi connectivity index (χ1n) is 6.06. The largest absolute Gasteiger partial charge is 0.491 e. The number of carbonyl (C=O) groups is 2. The number of amides is 1. The molecule has 1 amide bonds. The minimum Gasteiger partial charge on any atom is -0.491 e. The Bertz CT molecular complexity index is 656. The smallest absolute Gasteiger partial charge is 0.349 e. The number of para-hydroxylation sites is 1. The van der Waals surface area contributed by atoms with Gasteiger partial charge in [0.05, 0.1) is 18.7 Å². The van der Waals surface area contributed by atoms with E-state index in [0.717, 1.165) is 11.3 Å². The summed E-state index contributed by atoms with van der Waals surface area (Å²) in [6, 6.07) is 7.37. The van der Waals surface area contributed by atoms with Gasteiger partial charge in [0.1, 0.15) is 11.6 Å². The molecule has 0 saturated carbocycles. The molecule has 110 valence electrons. The fourth-order valence-corrected chi connectivity index (χ4v) is 2.27. The number of aromatic carboxylic acids is 1. The molecule has 2 N–H and O–H groups in total. The third-order valence-corrected chi connectivity index (χ3v) is 3.44. The Morgan fingerprint density at radius 3 is 2.76 bits per heavy atom. The number of carboxylic acids is 1. The van der Waals surface area contributed by atoms with E-state index in [-0.39, 0.29) is 29.3 Å². The molecule has 0 bridgehead atoms. The van der Waals surface area contributed by atoms with Gasteiger partial charge in [-0.3, -0.25) is 4.79 Å². The van der Waals surface area contributed by atoms with E-state index < -0.39 is 17.7 Å². The van der Waals surface area contributed by atoms with Crippen LogP contribution >= 0.6 is 11.3 Å². The van der Waals surface area contributed by atoms with Gasteiger partial charge in [-0.1, -0.05) is 12.1 Å². The second-order valence-electron chi connectivity index (χ2n) is 4.05. The molecule has 0 unspecified atom stereocenters. The quantitative estimate of drug-likeness (QED) is 0.860. The molecule has 1 heterocycles. The van der Waals surface area contributed by atoms with Crippen LogP contribution in [0.25, 0.3) is 0 Å². The summed E-state index contributed by atoms with van der Waals surface area (Å²) in [5, 5.41) is 12.9. The molecule has 1 aromatic carbocycles. The number of benzene rings is 1. The van der Waals surface area contributed by atoms with Crippen LogP contribution in [0.15, 0.2) is 35.7 Å². The number of carboxylic acid groups (broad SMARTS) is 1. The second kappa shape index (κ2) is 6.85. The number of hydrogen-bond donors (Lipinski definition) is 2. The van der Waals surface area contributed by atoms with Crippen molar-refractivity contribution in [1.82, 2.24) is 0 Å². The average molecular weight is 309 g/mol. The molecule has 1 aromatic heterocycles. The number of halogens is 1. The molecule has 0 saturated heterocycles. The van der Waals surface area contributed by atoms with Crippen LogP contribution in [0.5, 0.6) is 5.75 Å². The van der Waals surface area contributed by atoms with Crippen LogP contribution in [0.2, 0.25) is 0 Å². The Morgan fingerprint density at radius 1 is 1.29 bits per heavy atom. The van der Waals surface area contributed by atoms with Crippen molar-refractivity contribution < 1.29 is 23.8 Å². The molecule has 0 spiro atoms. The fraction of sp³-hybridized carbons (Fsp3) is 0.143. The van der Waals surface area contributed by atoms with Crippen molar-refractivity contribution in [2.45, 2.75) is 6.42 Å². The summed E-state index contributed by atoms with van der Waals surface area (Å²) in [5.74, 6) is -1.77. The number of thiophene rings is 1. The lowest BCUT2D eigenvalue weighted by molar-refractivity contribution is -0.116. The van der Waals surface area contributed by atoms with Gasteiger partial charge in [0.25, 0.3) is 0 Å². The van der Waals surface area contributed by atoms with Gasteiger partial charge in [-0.25, -0.2) is 9.18 Å². The fourth-order valence-electron chi connectivity index (χ4n) is 1.60. The van der Waals surface area contributed by atoms with E-state index in [0.29, 0.717) is 0 Å². The van der Waals surface area contributed by atoms with Crippen LogP contribution in [0.4, 0.5) is 10.1 Å². The van der Waals surface area contributed by atoms with Crippen LogP contribution in [-0.4, -0.2) is 23.6 Å². The standard InChI is InChI=1S/C14H12FNO4S/c15-9-3-1-2-4-10(9)16-12(17)5-7-20-11-6-8-21-13(11)14(18)19/h1-4,6,8H,5,7H2,(H,16,17)(H,18,19). The molecule has 0 aliphatic rings. The number of carbonyl (C=O) groups excluding carboxylic acids is 1. The number of hydrogen-bond acceptors (Lipinski definition) is 4. The zero-order chi connectivity index (χ0) is 15.2. The van der Waals surface area contributed by atoms with Gasteiger partial charge in [-0.2, -0.15) is 0 Å². The van der Waals surface area contributed by atoms with Crippen LogP contribution in [0, 0.1) is 5.82 Å². The van der Waals surface area contributed by atoms with Gasteiger partial charge in [0, 0.05) is 0 Å². The van der Waals surface area contributed by atoms with E-state index >= 15 is 0 Å². The highest BCUT2D eigenvalue weighted by Gasteiger charge is 2.13. The summed E-state index contributed by atoms with van der Waals surface area (Å²) in [6.45, 7) is 0.0112. The molecule has 0 atom stereocenters. The highest BCUT2D eigenvalue weighted by molar-refractivity contribution is 7.12. The first-order chi connectivity index (χ1) is 10.1. The molecular weight excluding hydrogens is 297 g/mol. The summed E-state index contributed by atoms with van der Waals surface area (Å²) >= 11 is 1.05. The van der Waals surface area contributed by atoms with Crippen molar-refractivity contribution in [2.75, 3.05) is 11.9 Å². The SMILES string of the molecule is O=C(CCOc1ccsc1C(=O)O)Nc1ccccc1F. The third-order valence-electron chi connectivity index (χ3n) is 2.56. The highest BCUT2D eigenvalue weighted by atomic mass is 32.1. The monoisotopic (exact) mass is 309 g/mol. The lowest BCUT2D eigenvalue weighted by Gasteiger charge is -2.07. The molecule has 0 radical (unpaired) electrons. The van der Waals surface area contributed by atoms with E-state index in [1.54, 1.807) is 11.4 Å². The predicted molar refractivity (Wildman–Crippen MR) is 76.4 cm³/mol. The van der Waals surface area contributed by atoms with Gasteiger partial charge in [0.2, 0.25) is 5.91 Å². The van der Waals surface area contributed by atoms with E-state index in [9.17, 15) is 14.0 Å². The summed E-state index contributed by atoms with van der Waals surface area (Å²) in [7, 11) is 0. The lowest BCUT2D eigenvalue weighted by atomic mass is 10.3. The van der Waals surface area contributed by atoms with Gasteiger partial charge >= 0.3 is 5.97 Å². The molecule has 2 rings (SSSR count). The molecule has 0 aliphatic heterocycles. The first-order valence-corrected chi connectivity index (χ1v) is 6.94. The Hall–Kier alpha value is -2.41. The molecule has 0 fully saturated rings. The second-order valence-corrected chi connectivity index (χ2v) is 4.96. The predicted octanol–water partition coefficient (Wildman–Crippen LogP) is 2.99. The molecule has 2 aromatic rings. The molecular formula is C14H12FNO4S. The maximum atomic E-state index is 13.3. The van der Waals surface area contributed by atoms with Gasteiger partial charge in [-0.05, 0) is 23.6 Å². The van der Waals surface area contributed by atoms with E-state index in [1.807, 2.05) is 0 Å². The van der Waals surface area contributed by atoms with Crippen LogP contribution in [0.1, 0.15) is 16.1 Å². The van der Waals surface area contributed by atoms with Gasteiger partial charge in [-0.15, -0.1) is 11.3 Å². The Morgan fingerprint density at radius 2 is 2.05 bits per heavy atom. The van der Waals surface area contributed by atoms with Crippen molar-refractivity contribution in [3.8, 4) is 5.75 Å². The van der Waals surface area contributed by atoms with Gasteiger partial charge < -0.3 is 15.2 Å². The Labute approximate surface area is 124 Å². The van der Waals surface area contributed by atoms with E-state index in [4.69, 9.17) is 9.84 Å². The topological polar surface area (TPSA) is 75.6 Å². The van der Waals surface area contributed by atoms with Crippen molar-refractivity contribution >= 4 is 28.9 Å². The highest BCUT2D eigenvalue weighted by Crippen LogP contribution is 2.24. The number of anilines is 1. The van der Waals surface area contributed by atoms with Crippen molar-refractivity contribution in [1.29, 1.82) is 0 Å². The number of nitrogens with one attached hydrogen (secondary N) is 1. The maximum absolute atomic E-state index is 13.3. The van der Waals surface area contributed by atoms with Gasteiger partial charge in [0.15, 0.2) is 4.88 Å². The third kappa shape index (κ3) is 4.03. The average Bonchev–Trinajstić information content (AvgIpc) is 2.90. The van der Waals surface area contributed by atoms with E-state index in [1.165, 1.54) is 24.3 Å². The Kier molecular flexibility index (Phi) is 4.89. The molecule has 5 nitrogen and oxygen atoms in total. The minimum absolute atomic E-state index is 0.0107. The normalized spacial score (nSPS) is 10.1. The maximum Gasteiger partial charge on any atom is 0.349 e. The molecule has 7 heteroatoms. The number of rotatable bonds is 6. The summed E-state index contributed by atoms with van der Waals surface area (Å²) in [6.07, 6.45) is -0.0107. The van der Waals surface area contributed by atoms with Crippen LogP contribution < -0.4 is 10.1 Å². The summed E-state index contributed by atoms with van der Waals surface area (Å²) in [4.78, 5) is 22.6. The first kappa shape index (κ1) is 15.0. The zero-order valence-corrected chi connectivity index (χ0v) is 11.7. The summed E-state index contributed by atoms with van der Waals surface area (Å²) in [5.41, 5.74) is 0.101. The molecule has 21 heavy (non-hydrogen) atoms. The Balaban J connectivity index is 1.83. The van der Waals surface area contributed by atoms with Crippen LogP contribution in [-0.2, 0) is 4.79 Å². The lowest BCUT2D eigenvalue weighted by Crippen LogP contribution is -2.16. The molecule has 0 aliphatic carbocycles. The van der Waals surface area contributed by atoms with Crippen molar-refractivity contribution in [3.63, 3.8) is 0 Å². The number of ether oxygens (including phenoxy) is 1. The zero-order valence-electron chi connectivity index (χ0n) is 10.8. The minimum atomic E-state index is -1.07. The van der Waals surface area contributed by atoms with Crippen LogP contribution in [0.3, 0.4) is 0 Å². The van der Waals surface area contributed by atoms with E-state index in [2.05, 4.69) is 5.32 Å². The van der Waals surface area contributed by atoms with Crippen molar-refractivity contribution in [2.24, 2.45) is 0 Å². The summed E-state index contributed by atoms with van der Waals surface area (Å²) < 4.78 is 18.6.